The van der Waals surface area contributed by atoms with Crippen molar-refractivity contribution in [3.8, 4) is 5.75 Å². The standard InChI is InChI=1S/C25H19BrN2O3S2/c1-16-5-2-3-7-19(16)15-31-21-8-4-6-17(13-21)14-22-24(30)28(25(32)33-22)27-23(29)18-9-11-20(26)12-10-18/h2-14H,15H2,1H3,(H,27,29)/b22-14+. The molecule has 1 fully saturated rings. The highest BCUT2D eigenvalue weighted by Crippen LogP contribution is 2.32. The van der Waals surface area contributed by atoms with E-state index in [0.29, 0.717) is 22.8 Å². The molecule has 3 aromatic rings. The topological polar surface area (TPSA) is 58.6 Å². The zero-order chi connectivity index (χ0) is 23.4. The molecule has 1 saturated heterocycles. The van der Waals surface area contributed by atoms with Gasteiger partial charge in [0.2, 0.25) is 0 Å². The molecule has 1 N–H and O–H groups in total. The number of hydrazine groups is 1. The molecule has 2 amide bonds. The largest absolute Gasteiger partial charge is 0.489 e. The monoisotopic (exact) mass is 538 g/mol. The van der Waals surface area contributed by atoms with Crippen molar-refractivity contribution >= 4 is 62.1 Å². The molecule has 5 nitrogen and oxygen atoms in total. The van der Waals surface area contributed by atoms with E-state index < -0.39 is 5.91 Å². The maximum absolute atomic E-state index is 12.9. The van der Waals surface area contributed by atoms with E-state index in [1.807, 2.05) is 55.5 Å². The van der Waals surface area contributed by atoms with Gasteiger partial charge in [0.15, 0.2) is 4.32 Å². The number of ether oxygens (including phenoxy) is 1. The fourth-order valence-electron chi connectivity index (χ4n) is 3.11. The van der Waals surface area contributed by atoms with Gasteiger partial charge in [-0.05, 0) is 78.3 Å². The fraction of sp³-hybridized carbons (Fsp3) is 0.0800. The number of hydrogen-bond donors (Lipinski definition) is 1. The van der Waals surface area contributed by atoms with Crippen LogP contribution in [0.15, 0.2) is 82.2 Å². The molecule has 0 aromatic heterocycles. The number of nitrogens with one attached hydrogen (secondary N) is 1. The molecule has 3 aromatic carbocycles. The maximum atomic E-state index is 12.9. The van der Waals surface area contributed by atoms with Gasteiger partial charge in [-0.25, -0.2) is 0 Å². The Morgan fingerprint density at radius 3 is 2.64 bits per heavy atom. The molecule has 0 bridgehead atoms. The van der Waals surface area contributed by atoms with Crippen LogP contribution in [0.3, 0.4) is 0 Å². The predicted octanol–water partition coefficient (Wildman–Crippen LogP) is 5.88. The molecule has 0 atom stereocenters. The van der Waals surface area contributed by atoms with Gasteiger partial charge in [-0.3, -0.25) is 15.0 Å². The third-order valence-corrected chi connectivity index (χ3v) is 6.76. The van der Waals surface area contributed by atoms with Crippen LogP contribution in [0.1, 0.15) is 27.0 Å². The zero-order valence-corrected chi connectivity index (χ0v) is 20.8. The van der Waals surface area contributed by atoms with E-state index in [-0.39, 0.29) is 10.2 Å². The smallest absolute Gasteiger partial charge is 0.285 e. The van der Waals surface area contributed by atoms with Crippen LogP contribution in [-0.4, -0.2) is 21.1 Å². The lowest BCUT2D eigenvalue weighted by Gasteiger charge is -2.15. The van der Waals surface area contributed by atoms with Crippen molar-refractivity contribution in [3.05, 3.63) is 104 Å². The summed E-state index contributed by atoms with van der Waals surface area (Å²) in [5, 5.41) is 1.11. The van der Waals surface area contributed by atoms with Crippen molar-refractivity contribution in [2.45, 2.75) is 13.5 Å². The van der Waals surface area contributed by atoms with Crippen LogP contribution in [0.2, 0.25) is 0 Å². The lowest BCUT2D eigenvalue weighted by Crippen LogP contribution is -2.44. The molecule has 4 rings (SSSR count). The normalized spacial score (nSPS) is 14.6. The third kappa shape index (κ3) is 5.71. The molecule has 0 radical (unpaired) electrons. The Hall–Kier alpha value is -2.94. The summed E-state index contributed by atoms with van der Waals surface area (Å²) in [7, 11) is 0. The van der Waals surface area contributed by atoms with Crippen molar-refractivity contribution in [1.29, 1.82) is 0 Å². The summed E-state index contributed by atoms with van der Waals surface area (Å²) < 4.78 is 7.07. The highest BCUT2D eigenvalue weighted by atomic mass is 79.9. The minimum atomic E-state index is -0.411. The van der Waals surface area contributed by atoms with E-state index in [0.717, 1.165) is 32.4 Å². The second-order valence-electron chi connectivity index (χ2n) is 7.25. The first-order valence-electron chi connectivity index (χ1n) is 10.0. The first kappa shape index (κ1) is 23.2. The average Bonchev–Trinajstić information content (AvgIpc) is 3.06. The Bertz CT molecular complexity index is 1260. The number of aryl methyl sites for hydroxylation is 1. The summed E-state index contributed by atoms with van der Waals surface area (Å²) in [6.07, 6.45) is 1.74. The van der Waals surface area contributed by atoms with E-state index in [9.17, 15) is 9.59 Å². The highest BCUT2D eigenvalue weighted by molar-refractivity contribution is 9.10. The van der Waals surface area contributed by atoms with Crippen molar-refractivity contribution in [3.63, 3.8) is 0 Å². The van der Waals surface area contributed by atoms with Crippen LogP contribution in [0.5, 0.6) is 5.75 Å². The number of carbonyl (C=O) groups is 2. The van der Waals surface area contributed by atoms with Gasteiger partial charge >= 0.3 is 0 Å². The molecular formula is C25H19BrN2O3S2. The Kier molecular flexibility index (Phi) is 7.27. The number of nitrogens with zero attached hydrogens (tertiary/aromatic N) is 1. The van der Waals surface area contributed by atoms with Crippen LogP contribution in [0.4, 0.5) is 0 Å². The van der Waals surface area contributed by atoms with Gasteiger partial charge in [0.1, 0.15) is 12.4 Å². The molecule has 1 aliphatic heterocycles. The number of benzene rings is 3. The first-order valence-corrected chi connectivity index (χ1v) is 12.0. The Balaban J connectivity index is 1.44. The molecule has 166 valence electrons. The minimum absolute atomic E-state index is 0.267. The second-order valence-corrected chi connectivity index (χ2v) is 9.84. The lowest BCUT2D eigenvalue weighted by atomic mass is 10.1. The minimum Gasteiger partial charge on any atom is -0.489 e. The van der Waals surface area contributed by atoms with Crippen molar-refractivity contribution < 1.29 is 14.3 Å². The molecule has 0 spiro atoms. The third-order valence-electron chi connectivity index (χ3n) is 4.92. The summed E-state index contributed by atoms with van der Waals surface area (Å²) in [5.41, 5.74) is 6.10. The molecule has 0 aliphatic carbocycles. The summed E-state index contributed by atoms with van der Waals surface area (Å²) in [6, 6.07) is 22.4. The SMILES string of the molecule is Cc1ccccc1COc1cccc(/C=C2/SC(=S)N(NC(=O)c3ccc(Br)cc3)C2=O)c1. The van der Waals surface area contributed by atoms with E-state index in [2.05, 4.69) is 21.4 Å². The van der Waals surface area contributed by atoms with Crippen LogP contribution in [-0.2, 0) is 11.4 Å². The first-order chi connectivity index (χ1) is 15.9. The predicted molar refractivity (Wildman–Crippen MR) is 139 cm³/mol. The molecule has 1 heterocycles. The lowest BCUT2D eigenvalue weighted by molar-refractivity contribution is -0.123. The van der Waals surface area contributed by atoms with Crippen molar-refractivity contribution in [2.75, 3.05) is 0 Å². The van der Waals surface area contributed by atoms with E-state index in [1.54, 1.807) is 30.3 Å². The van der Waals surface area contributed by atoms with Crippen LogP contribution >= 0.6 is 39.9 Å². The quantitative estimate of drug-likeness (QED) is 0.313. The van der Waals surface area contributed by atoms with Gasteiger partial charge in [-0.1, -0.05) is 64.1 Å². The maximum Gasteiger partial charge on any atom is 0.285 e. The van der Waals surface area contributed by atoms with E-state index >= 15 is 0 Å². The zero-order valence-electron chi connectivity index (χ0n) is 17.6. The number of hydrogen-bond acceptors (Lipinski definition) is 5. The van der Waals surface area contributed by atoms with Gasteiger partial charge in [-0.2, -0.15) is 5.01 Å². The molecule has 0 unspecified atom stereocenters. The Morgan fingerprint density at radius 1 is 1.12 bits per heavy atom. The van der Waals surface area contributed by atoms with Crippen molar-refractivity contribution in [1.82, 2.24) is 10.4 Å². The highest BCUT2D eigenvalue weighted by Gasteiger charge is 2.33. The second kappa shape index (κ2) is 10.3. The number of carbonyl (C=O) groups excluding carboxylic acids is 2. The molecule has 1 aliphatic rings. The van der Waals surface area contributed by atoms with Crippen molar-refractivity contribution in [2.24, 2.45) is 0 Å². The number of thiocarbonyl (C=S) groups is 1. The summed E-state index contributed by atoms with van der Waals surface area (Å²) >= 11 is 9.79. The Labute approximate surface area is 209 Å². The van der Waals surface area contributed by atoms with E-state index in [4.69, 9.17) is 17.0 Å². The Morgan fingerprint density at radius 2 is 1.88 bits per heavy atom. The van der Waals surface area contributed by atoms with Gasteiger partial charge < -0.3 is 4.74 Å². The average molecular weight is 539 g/mol. The summed E-state index contributed by atoms with van der Waals surface area (Å²) in [6.45, 7) is 2.51. The van der Waals surface area contributed by atoms with Gasteiger partial charge in [-0.15, -0.1) is 0 Å². The summed E-state index contributed by atoms with van der Waals surface area (Å²) in [5.74, 6) is -0.0839. The van der Waals surface area contributed by atoms with Crippen LogP contribution in [0.25, 0.3) is 6.08 Å². The van der Waals surface area contributed by atoms with Gasteiger partial charge in [0.25, 0.3) is 11.8 Å². The molecule has 33 heavy (non-hydrogen) atoms. The summed E-state index contributed by atoms with van der Waals surface area (Å²) in [4.78, 5) is 25.8. The molecular weight excluding hydrogens is 520 g/mol. The number of rotatable bonds is 6. The van der Waals surface area contributed by atoms with Gasteiger partial charge in [0, 0.05) is 10.0 Å². The number of amides is 2. The van der Waals surface area contributed by atoms with Gasteiger partial charge in [0.05, 0.1) is 4.91 Å². The van der Waals surface area contributed by atoms with Crippen LogP contribution in [0, 0.1) is 6.92 Å². The number of thioether (sulfide) groups is 1. The molecule has 8 heteroatoms. The van der Waals surface area contributed by atoms with Crippen LogP contribution < -0.4 is 10.2 Å². The number of halogens is 1. The molecule has 0 saturated carbocycles. The fourth-order valence-corrected chi connectivity index (χ4v) is 4.55. The van der Waals surface area contributed by atoms with E-state index in [1.165, 1.54) is 5.56 Å².